The number of aryl methyl sites for hydroxylation is 2. The first-order valence-corrected chi connectivity index (χ1v) is 7.13. The van der Waals surface area contributed by atoms with Crippen molar-refractivity contribution in [1.82, 2.24) is 4.90 Å². The molecule has 1 rings (SSSR count). The van der Waals surface area contributed by atoms with Crippen molar-refractivity contribution >= 4 is 0 Å². The molecule has 18 heavy (non-hydrogen) atoms. The highest BCUT2D eigenvalue weighted by molar-refractivity contribution is 5.32. The monoisotopic (exact) mass is 248 g/mol. The predicted octanol–water partition coefficient (Wildman–Crippen LogP) is 3.43. The molecule has 0 heterocycles. The highest BCUT2D eigenvalue weighted by Crippen LogP contribution is 2.18. The average molecular weight is 248 g/mol. The van der Waals surface area contributed by atoms with E-state index in [0.29, 0.717) is 0 Å². The van der Waals surface area contributed by atoms with Gasteiger partial charge in [0.1, 0.15) is 0 Å². The Bertz CT molecular complexity index is 354. The molecule has 2 heteroatoms. The maximum atomic E-state index is 6.38. The number of hydrogen-bond acceptors (Lipinski definition) is 2. The first-order valence-electron chi connectivity index (χ1n) is 7.13. The SMILES string of the molecule is CCCN(CCC)CC(N)c1cc(C)ccc1C. The normalized spacial score (nSPS) is 13.0. The van der Waals surface area contributed by atoms with Gasteiger partial charge in [-0.3, -0.25) is 0 Å². The van der Waals surface area contributed by atoms with E-state index in [1.54, 1.807) is 0 Å². The van der Waals surface area contributed by atoms with Gasteiger partial charge in [0.15, 0.2) is 0 Å². The van der Waals surface area contributed by atoms with Gasteiger partial charge in [-0.15, -0.1) is 0 Å². The van der Waals surface area contributed by atoms with Crippen molar-refractivity contribution in [3.8, 4) is 0 Å². The molecule has 1 aromatic carbocycles. The molecule has 2 N–H and O–H groups in total. The number of benzene rings is 1. The fourth-order valence-corrected chi connectivity index (χ4v) is 2.46. The summed E-state index contributed by atoms with van der Waals surface area (Å²) in [4.78, 5) is 2.48. The Morgan fingerprint density at radius 2 is 1.72 bits per heavy atom. The van der Waals surface area contributed by atoms with Crippen LogP contribution in [0.5, 0.6) is 0 Å². The van der Waals surface area contributed by atoms with Gasteiger partial charge in [0, 0.05) is 12.6 Å². The predicted molar refractivity (Wildman–Crippen MR) is 79.9 cm³/mol. The molecule has 0 bridgehead atoms. The first kappa shape index (κ1) is 15.2. The van der Waals surface area contributed by atoms with Gasteiger partial charge in [0.2, 0.25) is 0 Å². The summed E-state index contributed by atoms with van der Waals surface area (Å²) in [7, 11) is 0. The summed E-state index contributed by atoms with van der Waals surface area (Å²) in [5, 5.41) is 0. The van der Waals surface area contributed by atoms with Gasteiger partial charge in [0.25, 0.3) is 0 Å². The van der Waals surface area contributed by atoms with Crippen LogP contribution in [0.25, 0.3) is 0 Å². The zero-order valence-electron chi connectivity index (χ0n) is 12.4. The molecular formula is C16H28N2. The minimum atomic E-state index is 0.128. The smallest absolute Gasteiger partial charge is 0.0427 e. The lowest BCUT2D eigenvalue weighted by atomic mass is 9.99. The summed E-state index contributed by atoms with van der Waals surface area (Å²) in [5.41, 5.74) is 10.3. The third-order valence-corrected chi connectivity index (χ3v) is 3.37. The Hall–Kier alpha value is -0.860. The molecule has 0 spiro atoms. The van der Waals surface area contributed by atoms with Gasteiger partial charge in [-0.1, -0.05) is 37.6 Å². The number of rotatable bonds is 7. The maximum absolute atomic E-state index is 6.38. The lowest BCUT2D eigenvalue weighted by molar-refractivity contribution is 0.258. The molecule has 1 unspecified atom stereocenters. The number of nitrogens with two attached hydrogens (primary N) is 1. The van der Waals surface area contributed by atoms with Crippen molar-refractivity contribution in [2.24, 2.45) is 5.73 Å². The van der Waals surface area contributed by atoms with Crippen LogP contribution in [-0.4, -0.2) is 24.5 Å². The van der Waals surface area contributed by atoms with Crippen LogP contribution in [0.1, 0.15) is 49.4 Å². The van der Waals surface area contributed by atoms with E-state index in [4.69, 9.17) is 5.73 Å². The van der Waals surface area contributed by atoms with Crippen LogP contribution in [-0.2, 0) is 0 Å². The van der Waals surface area contributed by atoms with E-state index in [-0.39, 0.29) is 6.04 Å². The zero-order valence-corrected chi connectivity index (χ0v) is 12.4. The highest BCUT2D eigenvalue weighted by Gasteiger charge is 2.13. The van der Waals surface area contributed by atoms with Gasteiger partial charge >= 0.3 is 0 Å². The molecule has 0 amide bonds. The molecule has 0 fully saturated rings. The Labute approximate surface area is 112 Å². The van der Waals surface area contributed by atoms with Crippen LogP contribution in [0.3, 0.4) is 0 Å². The Morgan fingerprint density at radius 1 is 1.11 bits per heavy atom. The molecule has 0 saturated heterocycles. The van der Waals surface area contributed by atoms with E-state index in [1.807, 2.05) is 0 Å². The largest absolute Gasteiger partial charge is 0.323 e. The summed E-state index contributed by atoms with van der Waals surface area (Å²) in [5.74, 6) is 0. The lowest BCUT2D eigenvalue weighted by Crippen LogP contribution is -2.33. The van der Waals surface area contributed by atoms with Crippen LogP contribution in [0.4, 0.5) is 0 Å². The fraction of sp³-hybridized carbons (Fsp3) is 0.625. The van der Waals surface area contributed by atoms with Gasteiger partial charge in [-0.25, -0.2) is 0 Å². The molecule has 0 aliphatic heterocycles. The van der Waals surface area contributed by atoms with E-state index in [9.17, 15) is 0 Å². The topological polar surface area (TPSA) is 29.3 Å². The van der Waals surface area contributed by atoms with Crippen molar-refractivity contribution in [3.63, 3.8) is 0 Å². The average Bonchev–Trinajstić information content (AvgIpc) is 2.33. The first-order chi connectivity index (χ1) is 8.58. The molecular weight excluding hydrogens is 220 g/mol. The second-order valence-corrected chi connectivity index (χ2v) is 5.27. The second-order valence-electron chi connectivity index (χ2n) is 5.27. The molecule has 0 aromatic heterocycles. The van der Waals surface area contributed by atoms with Gasteiger partial charge in [0.05, 0.1) is 0 Å². The second kappa shape index (κ2) is 7.55. The molecule has 0 radical (unpaired) electrons. The minimum absolute atomic E-state index is 0.128. The van der Waals surface area contributed by atoms with E-state index in [0.717, 1.165) is 19.6 Å². The minimum Gasteiger partial charge on any atom is -0.323 e. The summed E-state index contributed by atoms with van der Waals surface area (Å²) in [6, 6.07) is 6.69. The highest BCUT2D eigenvalue weighted by atomic mass is 15.1. The molecule has 1 atom stereocenters. The standard InChI is InChI=1S/C16H28N2/c1-5-9-18(10-6-2)12-16(17)15-11-13(3)7-8-14(15)4/h7-8,11,16H,5-6,9-10,12,17H2,1-4H3. The van der Waals surface area contributed by atoms with Crippen molar-refractivity contribution in [1.29, 1.82) is 0 Å². The third kappa shape index (κ3) is 4.43. The van der Waals surface area contributed by atoms with Crippen LogP contribution in [0.2, 0.25) is 0 Å². The maximum Gasteiger partial charge on any atom is 0.0427 e. The van der Waals surface area contributed by atoms with E-state index < -0.39 is 0 Å². The van der Waals surface area contributed by atoms with Gasteiger partial charge in [-0.2, -0.15) is 0 Å². The number of nitrogens with zero attached hydrogens (tertiary/aromatic N) is 1. The molecule has 2 nitrogen and oxygen atoms in total. The Balaban J connectivity index is 2.73. The molecule has 0 aliphatic carbocycles. The third-order valence-electron chi connectivity index (χ3n) is 3.37. The Morgan fingerprint density at radius 3 is 2.28 bits per heavy atom. The molecule has 0 saturated carbocycles. The van der Waals surface area contributed by atoms with Crippen LogP contribution < -0.4 is 5.73 Å². The Kier molecular flexibility index (Phi) is 6.37. The zero-order chi connectivity index (χ0) is 13.5. The lowest BCUT2D eigenvalue weighted by Gasteiger charge is -2.26. The summed E-state index contributed by atoms with van der Waals surface area (Å²) in [6.45, 7) is 12.0. The van der Waals surface area contributed by atoms with E-state index in [1.165, 1.54) is 29.5 Å². The van der Waals surface area contributed by atoms with Crippen LogP contribution >= 0.6 is 0 Å². The van der Waals surface area contributed by atoms with Crippen LogP contribution in [0, 0.1) is 13.8 Å². The molecule has 0 aliphatic rings. The molecule has 1 aromatic rings. The van der Waals surface area contributed by atoms with Crippen molar-refractivity contribution < 1.29 is 0 Å². The van der Waals surface area contributed by atoms with E-state index >= 15 is 0 Å². The fourth-order valence-electron chi connectivity index (χ4n) is 2.46. The van der Waals surface area contributed by atoms with Crippen molar-refractivity contribution in [3.05, 3.63) is 34.9 Å². The van der Waals surface area contributed by atoms with Gasteiger partial charge < -0.3 is 10.6 Å². The van der Waals surface area contributed by atoms with Gasteiger partial charge in [-0.05, 0) is 50.9 Å². The summed E-state index contributed by atoms with van der Waals surface area (Å²) < 4.78 is 0. The summed E-state index contributed by atoms with van der Waals surface area (Å²) in [6.07, 6.45) is 2.39. The van der Waals surface area contributed by atoms with Crippen LogP contribution in [0.15, 0.2) is 18.2 Å². The quantitative estimate of drug-likeness (QED) is 0.801. The molecule has 102 valence electrons. The van der Waals surface area contributed by atoms with E-state index in [2.05, 4.69) is 50.8 Å². The number of hydrogen-bond donors (Lipinski definition) is 1. The summed E-state index contributed by atoms with van der Waals surface area (Å²) >= 11 is 0. The van der Waals surface area contributed by atoms with Crippen molar-refractivity contribution in [2.75, 3.05) is 19.6 Å². The van der Waals surface area contributed by atoms with Crippen molar-refractivity contribution in [2.45, 2.75) is 46.6 Å².